The van der Waals surface area contributed by atoms with Crippen LogP contribution in [0.5, 0.6) is 0 Å². The largest absolute Gasteiger partial charge is 0.292 e. The third-order valence-corrected chi connectivity index (χ3v) is 7.23. The van der Waals surface area contributed by atoms with Gasteiger partial charge in [-0.25, -0.2) is 0 Å². The predicted molar refractivity (Wildman–Crippen MR) is 90.9 cm³/mol. The van der Waals surface area contributed by atoms with Crippen molar-refractivity contribution in [2.75, 3.05) is 42.3 Å². The first-order valence-electron chi connectivity index (χ1n) is 7.23. The Morgan fingerprint density at radius 2 is 1.23 bits per heavy atom. The van der Waals surface area contributed by atoms with Gasteiger partial charge in [-0.2, -0.15) is 0 Å². The molecule has 0 aromatic carbocycles. The summed E-state index contributed by atoms with van der Waals surface area (Å²) in [5, 5.41) is 4.11. The van der Waals surface area contributed by atoms with E-state index in [1.807, 2.05) is 70.1 Å². The van der Waals surface area contributed by atoms with Crippen molar-refractivity contribution in [2.24, 2.45) is 15.4 Å². The first-order valence-corrected chi connectivity index (χ1v) is 8.83. The molecule has 1 aliphatic carbocycles. The molecule has 8 heteroatoms. The van der Waals surface area contributed by atoms with E-state index in [-0.39, 0.29) is 22.7 Å². The second-order valence-electron chi connectivity index (χ2n) is 6.98. The smallest absolute Gasteiger partial charge is 0.191 e. The molecule has 0 N–H and O–H groups in total. The third kappa shape index (κ3) is 3.71. The van der Waals surface area contributed by atoms with Gasteiger partial charge in [0.15, 0.2) is 24.8 Å². The van der Waals surface area contributed by atoms with Crippen molar-refractivity contribution < 1.29 is 9.59 Å². The molecule has 126 valence electrons. The van der Waals surface area contributed by atoms with Gasteiger partial charge in [-0.1, -0.05) is 13.8 Å². The van der Waals surface area contributed by atoms with E-state index in [1.165, 1.54) is 0 Å². The first kappa shape index (κ1) is 19.2. The first-order chi connectivity index (χ1) is 9.94. The Morgan fingerprint density at radius 1 is 0.864 bits per heavy atom. The molecule has 1 aliphatic rings. The third-order valence-electron chi connectivity index (χ3n) is 3.68. The molecule has 0 atom stereocenters. The van der Waals surface area contributed by atoms with E-state index in [1.54, 1.807) is 0 Å². The van der Waals surface area contributed by atoms with Gasteiger partial charge in [0.25, 0.3) is 0 Å². The molecule has 0 heterocycles. The SMILES string of the molecule is CN(C)P(=NN=C1C(=O)CC(C)(C)CC1=O)(N(C)C)N(C)C. The van der Waals surface area contributed by atoms with Crippen molar-refractivity contribution in [3.05, 3.63) is 0 Å². The minimum Gasteiger partial charge on any atom is -0.292 e. The molecule has 0 aromatic heterocycles. The van der Waals surface area contributed by atoms with Crippen molar-refractivity contribution in [1.82, 2.24) is 14.0 Å². The zero-order chi connectivity index (χ0) is 17.3. The fraction of sp³-hybridized carbons (Fsp3) is 0.786. The maximum absolute atomic E-state index is 12.2. The van der Waals surface area contributed by atoms with Gasteiger partial charge in [0.05, 0.1) is 0 Å². The summed E-state index contributed by atoms with van der Waals surface area (Å²) in [5.41, 5.74) is -0.293. The van der Waals surface area contributed by atoms with Crippen molar-refractivity contribution in [1.29, 1.82) is 0 Å². The number of Topliss-reactive ketones (excluding diaryl/α,β-unsaturated/α-hetero) is 2. The van der Waals surface area contributed by atoms with E-state index in [4.69, 9.17) is 0 Å². The Hall–Kier alpha value is -0.880. The Bertz CT molecular complexity index is 499. The number of nitrogens with zero attached hydrogens (tertiary/aromatic N) is 5. The molecule has 0 amide bonds. The number of carbonyl (C=O) groups excluding carboxylic acids is 2. The molecule has 0 unspecified atom stereocenters. The van der Waals surface area contributed by atoms with Crippen LogP contribution in [0.4, 0.5) is 0 Å². The summed E-state index contributed by atoms with van der Waals surface area (Å²) in [5.74, 6) is -0.418. The van der Waals surface area contributed by atoms with E-state index >= 15 is 0 Å². The lowest BCUT2D eigenvalue weighted by atomic mass is 9.75. The average molecular weight is 329 g/mol. The summed E-state index contributed by atoms with van der Waals surface area (Å²) < 4.78 is 5.95. The highest BCUT2D eigenvalue weighted by atomic mass is 31.2. The molecule has 22 heavy (non-hydrogen) atoms. The van der Waals surface area contributed by atoms with Gasteiger partial charge in [0.2, 0.25) is 0 Å². The molecule has 1 fully saturated rings. The molecular weight excluding hydrogens is 301 g/mol. The zero-order valence-corrected chi connectivity index (χ0v) is 15.8. The van der Waals surface area contributed by atoms with Crippen LogP contribution < -0.4 is 0 Å². The summed E-state index contributed by atoms with van der Waals surface area (Å²) in [6.45, 7) is 3.85. The lowest BCUT2D eigenvalue weighted by Gasteiger charge is -2.39. The molecular formula is C14H28N5O2P. The highest BCUT2D eigenvalue weighted by Crippen LogP contribution is 2.54. The lowest BCUT2D eigenvalue weighted by Crippen LogP contribution is -2.38. The van der Waals surface area contributed by atoms with E-state index < -0.39 is 7.51 Å². The van der Waals surface area contributed by atoms with Gasteiger partial charge in [0, 0.05) is 12.8 Å². The number of hydrogen-bond donors (Lipinski definition) is 0. The van der Waals surface area contributed by atoms with Crippen LogP contribution in [0.15, 0.2) is 9.96 Å². The molecule has 1 saturated carbocycles. The molecule has 0 aliphatic heterocycles. The van der Waals surface area contributed by atoms with Crippen LogP contribution in [0.2, 0.25) is 0 Å². The Balaban J connectivity index is 3.35. The lowest BCUT2D eigenvalue weighted by molar-refractivity contribution is -0.122. The van der Waals surface area contributed by atoms with Crippen molar-refractivity contribution in [2.45, 2.75) is 26.7 Å². The van der Waals surface area contributed by atoms with E-state index in [0.29, 0.717) is 12.8 Å². The van der Waals surface area contributed by atoms with Crippen LogP contribution in [0.3, 0.4) is 0 Å². The summed E-state index contributed by atoms with van der Waals surface area (Å²) in [6.07, 6.45) is 0.675. The Kier molecular flexibility index (Phi) is 5.84. The van der Waals surface area contributed by atoms with Crippen molar-refractivity contribution in [3.63, 3.8) is 0 Å². The molecule has 7 nitrogen and oxygen atoms in total. The molecule has 0 aromatic rings. The normalized spacial score (nSPS) is 19.3. The summed E-state index contributed by atoms with van der Waals surface area (Å²) in [4.78, 5) is 28.9. The van der Waals surface area contributed by atoms with Crippen LogP contribution in [0.1, 0.15) is 26.7 Å². The van der Waals surface area contributed by atoms with Crippen LogP contribution in [-0.4, -0.2) is 73.6 Å². The Morgan fingerprint density at radius 3 is 1.55 bits per heavy atom. The summed E-state index contributed by atoms with van der Waals surface area (Å²) in [6, 6.07) is 0. The fourth-order valence-corrected chi connectivity index (χ4v) is 5.62. The number of ketones is 2. The fourth-order valence-electron chi connectivity index (χ4n) is 2.78. The number of hydrogen-bond acceptors (Lipinski definition) is 3. The molecule has 0 radical (unpaired) electrons. The second-order valence-corrected chi connectivity index (χ2v) is 10.6. The zero-order valence-electron chi connectivity index (χ0n) is 14.9. The van der Waals surface area contributed by atoms with Crippen molar-refractivity contribution in [3.8, 4) is 0 Å². The van der Waals surface area contributed by atoms with Gasteiger partial charge in [-0.05, 0) is 47.7 Å². The van der Waals surface area contributed by atoms with E-state index in [9.17, 15) is 9.59 Å². The maximum atomic E-state index is 12.2. The Labute approximate surface area is 133 Å². The van der Waals surface area contributed by atoms with Crippen molar-refractivity contribution >= 4 is 24.8 Å². The van der Waals surface area contributed by atoms with Gasteiger partial charge >= 0.3 is 0 Å². The van der Waals surface area contributed by atoms with E-state index in [2.05, 4.69) is 9.96 Å². The number of rotatable bonds is 4. The average Bonchev–Trinajstić information content (AvgIpc) is 2.29. The van der Waals surface area contributed by atoms with Crippen LogP contribution in [-0.2, 0) is 9.59 Å². The van der Waals surface area contributed by atoms with Crippen LogP contribution >= 0.6 is 7.51 Å². The molecule has 0 saturated heterocycles. The number of carbonyl (C=O) groups is 2. The van der Waals surface area contributed by atoms with Gasteiger partial charge in [0.1, 0.15) is 0 Å². The second kappa shape index (κ2) is 6.71. The molecule has 0 spiro atoms. The van der Waals surface area contributed by atoms with Crippen LogP contribution in [0, 0.1) is 5.41 Å². The maximum Gasteiger partial charge on any atom is 0.191 e. The van der Waals surface area contributed by atoms with Crippen LogP contribution in [0.25, 0.3) is 0 Å². The quantitative estimate of drug-likeness (QED) is 0.582. The topological polar surface area (TPSA) is 68.6 Å². The molecule has 0 bridgehead atoms. The predicted octanol–water partition coefficient (Wildman–Crippen LogP) is 1.93. The highest BCUT2D eigenvalue weighted by molar-refractivity contribution is 7.58. The van der Waals surface area contributed by atoms with Gasteiger partial charge in [-0.15, -0.1) is 9.96 Å². The van der Waals surface area contributed by atoms with Gasteiger partial charge in [-0.3, -0.25) is 23.6 Å². The highest BCUT2D eigenvalue weighted by Gasteiger charge is 2.37. The summed E-state index contributed by atoms with van der Waals surface area (Å²) in [7, 11) is 9.30. The van der Waals surface area contributed by atoms with E-state index in [0.717, 1.165) is 0 Å². The minimum atomic E-state index is -2.23. The minimum absolute atomic E-state index is 0.00532. The molecule has 1 rings (SSSR count). The standard InChI is InChI=1S/C14H28N5O2P/c1-14(2)9-11(20)13(12(21)10-14)15-16-22(17(3)4,18(5)6)19(7)8/h9-10H2,1-8H3. The van der Waals surface area contributed by atoms with Gasteiger partial charge < -0.3 is 0 Å². The summed E-state index contributed by atoms with van der Waals surface area (Å²) >= 11 is 0. The monoisotopic (exact) mass is 329 g/mol.